The van der Waals surface area contributed by atoms with Crippen LogP contribution in [0, 0.1) is 0 Å². The highest BCUT2D eigenvalue weighted by Crippen LogP contribution is 2.12. The van der Waals surface area contributed by atoms with Gasteiger partial charge in [0, 0.05) is 19.3 Å². The van der Waals surface area contributed by atoms with E-state index >= 15 is 0 Å². The number of allylic oxidation sites excluding steroid dienone is 4. The van der Waals surface area contributed by atoms with Crippen LogP contribution in [0.5, 0.6) is 0 Å². The molecule has 8 nitrogen and oxygen atoms in total. The van der Waals surface area contributed by atoms with Gasteiger partial charge in [-0.3, -0.25) is 9.59 Å². The predicted molar refractivity (Wildman–Crippen MR) is 194 cm³/mol. The van der Waals surface area contributed by atoms with E-state index in [9.17, 15) is 19.5 Å². The van der Waals surface area contributed by atoms with E-state index in [1.165, 1.54) is 77.0 Å². The Bertz CT molecular complexity index is 849. The topological polar surface area (TPSA) is 102 Å². The third kappa shape index (κ3) is 29.9. The van der Waals surface area contributed by atoms with Gasteiger partial charge in [-0.1, -0.05) is 115 Å². The molecule has 0 saturated carbocycles. The quantitative estimate of drug-likeness (QED) is 0.0291. The van der Waals surface area contributed by atoms with Gasteiger partial charge in [-0.15, -0.1) is 0 Å². The Kier molecular flexibility index (Phi) is 30.6. The minimum absolute atomic E-state index is 0.0245. The Balaban J connectivity index is 4.37. The molecule has 0 bridgehead atoms. The van der Waals surface area contributed by atoms with E-state index in [1.54, 1.807) is 21.1 Å². The van der Waals surface area contributed by atoms with Crippen LogP contribution < -0.4 is 5.11 Å². The summed E-state index contributed by atoms with van der Waals surface area (Å²) in [5.41, 5.74) is 0. The van der Waals surface area contributed by atoms with Crippen LogP contribution in [-0.4, -0.2) is 75.5 Å². The summed E-state index contributed by atoms with van der Waals surface area (Å²) in [6.07, 6.45) is 32.2. The molecule has 0 aromatic rings. The number of ether oxygens (including phenoxy) is 3. The molecule has 0 heterocycles. The van der Waals surface area contributed by atoms with Gasteiger partial charge in [-0.2, -0.15) is 0 Å². The monoisotopic (exact) mass is 680 g/mol. The number of rotatable bonds is 34. The van der Waals surface area contributed by atoms with E-state index in [-0.39, 0.29) is 49.1 Å². The Labute approximate surface area is 294 Å². The minimum atomic E-state index is -1.13. The summed E-state index contributed by atoms with van der Waals surface area (Å²) in [6.45, 7) is 4.55. The summed E-state index contributed by atoms with van der Waals surface area (Å²) in [5, 5.41) is 11.5. The van der Waals surface area contributed by atoms with Gasteiger partial charge in [-0.25, -0.2) is 0 Å². The Morgan fingerprint density at radius 3 is 1.60 bits per heavy atom. The molecule has 48 heavy (non-hydrogen) atoms. The molecule has 0 saturated heterocycles. The molecule has 0 rings (SSSR count). The van der Waals surface area contributed by atoms with E-state index in [0.29, 0.717) is 12.8 Å². The van der Waals surface area contributed by atoms with E-state index in [4.69, 9.17) is 14.2 Å². The van der Waals surface area contributed by atoms with Gasteiger partial charge >= 0.3 is 11.9 Å². The number of nitrogens with zero attached hydrogens (tertiary/aromatic N) is 1. The zero-order chi connectivity index (χ0) is 35.7. The molecule has 2 atom stereocenters. The molecule has 2 unspecified atom stereocenters. The van der Waals surface area contributed by atoms with Crippen molar-refractivity contribution >= 4 is 17.9 Å². The summed E-state index contributed by atoms with van der Waals surface area (Å²) in [7, 11) is 5.38. The fraction of sp³-hybridized carbons (Fsp3) is 0.825. The first-order valence-electron chi connectivity index (χ1n) is 19.4. The average molecular weight is 680 g/mol. The molecule has 0 amide bonds. The lowest BCUT2D eigenvalue weighted by Gasteiger charge is -2.34. The van der Waals surface area contributed by atoms with Crippen molar-refractivity contribution in [2.24, 2.45) is 0 Å². The number of likely N-dealkylation sites (N-methyl/N-ethyl adjacent to an activating group) is 1. The number of hydrogen-bond donors (Lipinski definition) is 0. The number of unbranched alkanes of at least 4 members (excludes halogenated alkanes) is 16. The maximum atomic E-state index is 12.5. The van der Waals surface area contributed by atoms with E-state index in [1.807, 2.05) is 6.08 Å². The molecule has 0 N–H and O–H groups in total. The molecule has 0 fully saturated rings. The number of quaternary nitrogens is 1. The maximum Gasteiger partial charge on any atom is 0.306 e. The number of aliphatic carboxylic acids is 1. The van der Waals surface area contributed by atoms with Gasteiger partial charge in [0.15, 0.2) is 6.10 Å². The molecule has 0 aliphatic rings. The van der Waals surface area contributed by atoms with E-state index < -0.39 is 18.1 Å². The van der Waals surface area contributed by atoms with Crippen molar-refractivity contribution in [3.63, 3.8) is 0 Å². The van der Waals surface area contributed by atoms with Crippen LogP contribution in [0.3, 0.4) is 0 Å². The molecule has 0 aliphatic carbocycles. The van der Waals surface area contributed by atoms with Gasteiger partial charge in [-0.05, 0) is 51.4 Å². The van der Waals surface area contributed by atoms with Gasteiger partial charge in [0.05, 0.1) is 40.3 Å². The number of carbonyl (C=O) groups excluding carboxylic acids is 3. The molecular weight excluding hydrogens is 606 g/mol. The smallest absolute Gasteiger partial charge is 0.306 e. The summed E-state index contributed by atoms with van der Waals surface area (Å²) < 4.78 is 17.0. The first-order chi connectivity index (χ1) is 23.1. The second-order valence-electron chi connectivity index (χ2n) is 14.2. The molecule has 0 spiro atoms. The molecular formula is C40H73NO7. The number of hydrogen-bond acceptors (Lipinski definition) is 7. The van der Waals surface area contributed by atoms with Crippen LogP contribution >= 0.6 is 0 Å². The fourth-order valence-corrected chi connectivity index (χ4v) is 5.49. The van der Waals surface area contributed by atoms with Crippen LogP contribution in [-0.2, 0) is 28.6 Å². The Morgan fingerprint density at radius 1 is 0.604 bits per heavy atom. The highest BCUT2D eigenvalue weighted by Gasteiger charge is 2.25. The zero-order valence-corrected chi connectivity index (χ0v) is 31.7. The second kappa shape index (κ2) is 32.0. The lowest BCUT2D eigenvalue weighted by atomic mass is 10.1. The molecule has 8 heteroatoms. The number of esters is 2. The summed E-state index contributed by atoms with van der Waals surface area (Å²) in [4.78, 5) is 36.5. The van der Waals surface area contributed by atoms with Crippen LogP contribution in [0.2, 0.25) is 0 Å². The molecule has 280 valence electrons. The summed E-state index contributed by atoms with van der Waals surface area (Å²) in [5.74, 6) is -1.81. The third-order valence-electron chi connectivity index (χ3n) is 8.57. The van der Waals surface area contributed by atoms with Crippen LogP contribution in [0.4, 0.5) is 0 Å². The number of carboxylic acids is 1. The van der Waals surface area contributed by atoms with Crippen molar-refractivity contribution in [2.45, 2.75) is 174 Å². The first kappa shape index (κ1) is 45.8. The van der Waals surface area contributed by atoms with Crippen LogP contribution in [0.1, 0.15) is 162 Å². The molecule has 0 aromatic carbocycles. The summed E-state index contributed by atoms with van der Waals surface area (Å²) in [6, 6.07) is -0.728. The highest BCUT2D eigenvalue weighted by atomic mass is 16.6. The molecule has 0 radical (unpaired) electrons. The number of carboxylic acid groups (broad SMARTS) is 1. The van der Waals surface area contributed by atoms with Gasteiger partial charge < -0.3 is 28.6 Å². The van der Waals surface area contributed by atoms with Crippen molar-refractivity contribution < 1.29 is 38.2 Å². The van der Waals surface area contributed by atoms with Crippen molar-refractivity contribution in [3.05, 3.63) is 24.3 Å². The molecule has 0 aromatic heterocycles. The van der Waals surface area contributed by atoms with E-state index in [0.717, 1.165) is 44.9 Å². The Morgan fingerprint density at radius 2 is 1.08 bits per heavy atom. The van der Waals surface area contributed by atoms with Crippen LogP contribution in [0.15, 0.2) is 24.3 Å². The van der Waals surface area contributed by atoms with Crippen LogP contribution in [0.25, 0.3) is 0 Å². The lowest BCUT2D eigenvalue weighted by Crippen LogP contribution is -2.55. The SMILES string of the molecule is CCCCCC/C=C/CCC(=O)OC(COCCC(C(=O)[O-])[N+](C)(C)C)COC(=O)CCCCCCC/C=C/CCCCCCCCC. The highest BCUT2D eigenvalue weighted by molar-refractivity contribution is 5.70. The predicted octanol–water partition coefficient (Wildman–Crippen LogP) is 8.41. The number of carbonyl (C=O) groups is 3. The largest absolute Gasteiger partial charge is 0.544 e. The van der Waals surface area contributed by atoms with Gasteiger partial charge in [0.25, 0.3) is 0 Å². The van der Waals surface area contributed by atoms with Crippen molar-refractivity contribution in [1.82, 2.24) is 0 Å². The van der Waals surface area contributed by atoms with Crippen molar-refractivity contribution in [1.29, 1.82) is 0 Å². The lowest BCUT2D eigenvalue weighted by molar-refractivity contribution is -0.889. The third-order valence-corrected chi connectivity index (χ3v) is 8.57. The molecule has 0 aliphatic heterocycles. The average Bonchev–Trinajstić information content (AvgIpc) is 3.03. The maximum absolute atomic E-state index is 12.5. The van der Waals surface area contributed by atoms with Gasteiger partial charge in [0.2, 0.25) is 0 Å². The summed E-state index contributed by atoms with van der Waals surface area (Å²) >= 11 is 0. The standard InChI is InChI=1S/C40H73NO7/c1-6-8-10-12-14-16-17-18-19-20-21-22-23-25-26-28-30-38(42)47-35-36(34-46-33-32-37(40(44)45)41(3,4)5)48-39(43)31-29-27-24-15-13-11-9-7-2/h19-20,24,27,36-37H,6-18,21-23,25-26,28-35H2,1-5H3/b20-19+,27-24+. The van der Waals surface area contributed by atoms with Crippen molar-refractivity contribution in [3.8, 4) is 0 Å². The minimum Gasteiger partial charge on any atom is -0.544 e. The van der Waals surface area contributed by atoms with Gasteiger partial charge in [0.1, 0.15) is 12.6 Å². The zero-order valence-electron chi connectivity index (χ0n) is 31.7. The van der Waals surface area contributed by atoms with E-state index in [2.05, 4.69) is 32.1 Å². The normalized spacial score (nSPS) is 13.3. The Hall–Kier alpha value is -2.19. The van der Waals surface area contributed by atoms with Crippen molar-refractivity contribution in [2.75, 3.05) is 41.0 Å². The second-order valence-corrected chi connectivity index (χ2v) is 14.2. The fourth-order valence-electron chi connectivity index (χ4n) is 5.49. The first-order valence-corrected chi connectivity index (χ1v) is 19.4.